The van der Waals surface area contributed by atoms with Crippen molar-refractivity contribution in [2.75, 3.05) is 0 Å². The summed E-state index contributed by atoms with van der Waals surface area (Å²) in [5.74, 6) is -0.0124. The van der Waals surface area contributed by atoms with Gasteiger partial charge in [-0.1, -0.05) is 0 Å². The van der Waals surface area contributed by atoms with Gasteiger partial charge in [0.15, 0.2) is 0 Å². The Bertz CT molecular complexity index is 811. The van der Waals surface area contributed by atoms with E-state index in [0.717, 1.165) is 6.20 Å². The molecule has 3 rings (SSSR count). The van der Waals surface area contributed by atoms with Crippen LogP contribution in [0.5, 0.6) is 0 Å². The molecule has 3 aromatic rings. The van der Waals surface area contributed by atoms with Gasteiger partial charge in [-0.25, -0.2) is 9.37 Å². The van der Waals surface area contributed by atoms with Crippen LogP contribution >= 0.6 is 11.3 Å². The van der Waals surface area contributed by atoms with Crippen LogP contribution in [0.4, 0.5) is 4.39 Å². The van der Waals surface area contributed by atoms with Crippen LogP contribution < -0.4 is 11.3 Å². The summed E-state index contributed by atoms with van der Waals surface area (Å²) >= 11 is 1.20. The maximum atomic E-state index is 13.7. The number of aromatic nitrogens is 3. The van der Waals surface area contributed by atoms with Gasteiger partial charge in [0.25, 0.3) is 5.56 Å². The smallest absolute Gasteiger partial charge is 0.268 e. The molecule has 0 saturated heterocycles. The molecule has 19 heavy (non-hydrogen) atoms. The number of nitrogens with zero attached hydrogens (tertiary/aromatic N) is 2. The van der Waals surface area contributed by atoms with Gasteiger partial charge in [0.05, 0.1) is 18.3 Å². The van der Waals surface area contributed by atoms with E-state index in [0.29, 0.717) is 26.5 Å². The molecule has 3 N–H and O–H groups in total. The second-order valence-corrected chi connectivity index (χ2v) is 4.95. The largest absolute Gasteiger partial charge is 0.324 e. The predicted molar refractivity (Wildman–Crippen MR) is 71.3 cm³/mol. The molecule has 0 saturated carbocycles. The molecule has 96 valence electrons. The number of H-pyrrole nitrogens is 1. The Balaban J connectivity index is 2.25. The standard InChI is InChI=1S/C12H9FN4OS/c13-7-5-15-2-1-6(7)9-3-8-11(19-9)12(18)17-10(4-14)16-8/h1-3,5H,4,14H2,(H,16,17,18). The van der Waals surface area contributed by atoms with Gasteiger partial charge in [-0.15, -0.1) is 11.3 Å². The van der Waals surface area contributed by atoms with Gasteiger partial charge in [-0.05, 0) is 12.1 Å². The van der Waals surface area contributed by atoms with Gasteiger partial charge in [0.2, 0.25) is 0 Å². The van der Waals surface area contributed by atoms with E-state index in [1.165, 1.54) is 17.5 Å². The van der Waals surface area contributed by atoms with E-state index in [1.54, 1.807) is 12.1 Å². The highest BCUT2D eigenvalue weighted by Gasteiger charge is 2.12. The van der Waals surface area contributed by atoms with Gasteiger partial charge in [-0.2, -0.15) is 0 Å². The zero-order valence-corrected chi connectivity index (χ0v) is 10.5. The highest BCUT2D eigenvalue weighted by Crippen LogP contribution is 2.31. The number of nitrogens with one attached hydrogen (secondary N) is 1. The highest BCUT2D eigenvalue weighted by atomic mass is 32.1. The molecule has 7 heteroatoms. The summed E-state index contributed by atoms with van der Waals surface area (Å²) in [4.78, 5) is 23.0. The summed E-state index contributed by atoms with van der Waals surface area (Å²) in [6.45, 7) is 0.153. The molecule has 0 aromatic carbocycles. The third-order valence-corrected chi connectivity index (χ3v) is 3.82. The van der Waals surface area contributed by atoms with E-state index in [9.17, 15) is 9.18 Å². The van der Waals surface area contributed by atoms with Crippen molar-refractivity contribution in [3.8, 4) is 10.4 Å². The van der Waals surface area contributed by atoms with Gasteiger partial charge in [0.1, 0.15) is 16.3 Å². The van der Waals surface area contributed by atoms with Crippen molar-refractivity contribution >= 4 is 21.6 Å². The molecule has 0 aliphatic carbocycles. The van der Waals surface area contributed by atoms with Crippen LogP contribution in [-0.4, -0.2) is 15.0 Å². The number of nitrogens with two attached hydrogens (primary N) is 1. The molecule has 5 nitrogen and oxygen atoms in total. The van der Waals surface area contributed by atoms with Crippen LogP contribution in [0.25, 0.3) is 20.7 Å². The summed E-state index contributed by atoms with van der Waals surface area (Å²) in [5.41, 5.74) is 6.14. The minimum absolute atomic E-state index is 0.153. The fourth-order valence-corrected chi connectivity index (χ4v) is 2.81. The minimum atomic E-state index is -0.426. The van der Waals surface area contributed by atoms with Crippen molar-refractivity contribution in [3.63, 3.8) is 0 Å². The van der Waals surface area contributed by atoms with E-state index >= 15 is 0 Å². The second-order valence-electron chi connectivity index (χ2n) is 3.90. The molecule has 0 unspecified atom stereocenters. The summed E-state index contributed by atoms with van der Waals surface area (Å²) in [5, 5.41) is 0. The molecule has 0 radical (unpaired) electrons. The van der Waals surface area contributed by atoms with E-state index in [-0.39, 0.29) is 12.1 Å². The SMILES string of the molecule is NCc1nc2cc(-c3ccncc3F)sc2c(=O)[nH]1. The molecule has 0 fully saturated rings. The van der Waals surface area contributed by atoms with Crippen LogP contribution in [0.1, 0.15) is 5.82 Å². The number of pyridine rings is 1. The van der Waals surface area contributed by atoms with Crippen molar-refractivity contribution in [3.05, 3.63) is 46.5 Å². The van der Waals surface area contributed by atoms with Crippen molar-refractivity contribution < 1.29 is 4.39 Å². The number of hydrogen-bond acceptors (Lipinski definition) is 5. The predicted octanol–water partition coefficient (Wildman–Crippen LogP) is 1.64. The van der Waals surface area contributed by atoms with E-state index < -0.39 is 5.82 Å². The van der Waals surface area contributed by atoms with Crippen molar-refractivity contribution in [2.45, 2.75) is 6.54 Å². The summed E-state index contributed by atoms with van der Waals surface area (Å²) in [7, 11) is 0. The Morgan fingerprint density at radius 3 is 3.05 bits per heavy atom. The molecular weight excluding hydrogens is 267 g/mol. The molecule has 3 aromatic heterocycles. The lowest BCUT2D eigenvalue weighted by molar-refractivity contribution is 0.625. The lowest BCUT2D eigenvalue weighted by Gasteiger charge is -1.96. The number of halogens is 1. The number of rotatable bonds is 2. The zero-order chi connectivity index (χ0) is 13.4. The van der Waals surface area contributed by atoms with Gasteiger partial charge >= 0.3 is 0 Å². The number of hydrogen-bond donors (Lipinski definition) is 2. The van der Waals surface area contributed by atoms with Crippen molar-refractivity contribution in [2.24, 2.45) is 5.73 Å². The quantitative estimate of drug-likeness (QED) is 0.745. The van der Waals surface area contributed by atoms with Crippen molar-refractivity contribution in [1.29, 1.82) is 0 Å². The Labute approximate surface area is 111 Å². The fourth-order valence-electron chi connectivity index (χ4n) is 1.79. The monoisotopic (exact) mass is 276 g/mol. The third-order valence-electron chi connectivity index (χ3n) is 2.66. The number of thiophene rings is 1. The van der Waals surface area contributed by atoms with Crippen LogP contribution in [0.15, 0.2) is 29.3 Å². The minimum Gasteiger partial charge on any atom is -0.324 e. The topological polar surface area (TPSA) is 84.7 Å². The van der Waals surface area contributed by atoms with Crippen LogP contribution in [0.3, 0.4) is 0 Å². The van der Waals surface area contributed by atoms with E-state index in [2.05, 4.69) is 15.0 Å². The molecule has 0 amide bonds. The van der Waals surface area contributed by atoms with Crippen LogP contribution in [0, 0.1) is 5.82 Å². The van der Waals surface area contributed by atoms with Gasteiger partial charge in [-0.3, -0.25) is 9.78 Å². The molecule has 0 aliphatic rings. The summed E-state index contributed by atoms with van der Waals surface area (Å²) < 4.78 is 14.1. The molecule has 3 heterocycles. The lowest BCUT2D eigenvalue weighted by atomic mass is 10.2. The van der Waals surface area contributed by atoms with E-state index in [1.807, 2.05) is 0 Å². The molecule has 0 bridgehead atoms. The average Bonchev–Trinajstić information content (AvgIpc) is 2.83. The Morgan fingerprint density at radius 1 is 1.47 bits per heavy atom. The third kappa shape index (κ3) is 2.02. The zero-order valence-electron chi connectivity index (χ0n) is 9.68. The highest BCUT2D eigenvalue weighted by molar-refractivity contribution is 7.22. The number of aromatic amines is 1. The molecule has 0 aliphatic heterocycles. The second kappa shape index (κ2) is 4.52. The first-order chi connectivity index (χ1) is 9.19. The summed E-state index contributed by atoms with van der Waals surface area (Å²) in [6.07, 6.45) is 2.65. The van der Waals surface area contributed by atoms with Crippen LogP contribution in [0.2, 0.25) is 0 Å². The average molecular weight is 276 g/mol. The maximum Gasteiger partial charge on any atom is 0.268 e. The number of fused-ring (bicyclic) bond motifs is 1. The van der Waals surface area contributed by atoms with Gasteiger partial charge in [0, 0.05) is 16.6 Å². The fraction of sp³-hybridized carbons (Fsp3) is 0.0833. The first kappa shape index (κ1) is 11.9. The molecular formula is C12H9FN4OS. The van der Waals surface area contributed by atoms with Crippen molar-refractivity contribution in [1.82, 2.24) is 15.0 Å². The van der Waals surface area contributed by atoms with Gasteiger partial charge < -0.3 is 10.7 Å². The summed E-state index contributed by atoms with van der Waals surface area (Å²) in [6, 6.07) is 3.25. The van der Waals surface area contributed by atoms with Crippen LogP contribution in [-0.2, 0) is 6.54 Å². The Morgan fingerprint density at radius 2 is 2.32 bits per heavy atom. The molecule has 0 atom stereocenters. The molecule has 0 spiro atoms. The first-order valence-electron chi connectivity index (χ1n) is 5.51. The Hall–Kier alpha value is -2.12. The normalized spacial score (nSPS) is 11.1. The first-order valence-corrected chi connectivity index (χ1v) is 6.33. The Kier molecular flexibility index (Phi) is 2.84. The lowest BCUT2D eigenvalue weighted by Crippen LogP contribution is -2.12. The van der Waals surface area contributed by atoms with E-state index in [4.69, 9.17) is 5.73 Å². The maximum absolute atomic E-state index is 13.7.